The maximum absolute atomic E-state index is 12.7. The van der Waals surface area contributed by atoms with Gasteiger partial charge in [-0.15, -0.1) is 0 Å². The van der Waals surface area contributed by atoms with Gasteiger partial charge in [-0.05, 0) is 109 Å². The van der Waals surface area contributed by atoms with Crippen LogP contribution >= 0.6 is 0 Å². The van der Waals surface area contributed by atoms with E-state index in [1.165, 1.54) is 44.9 Å². The van der Waals surface area contributed by atoms with Crippen LogP contribution in [0.4, 0.5) is 0 Å². The van der Waals surface area contributed by atoms with E-state index < -0.39 is 6.10 Å². The van der Waals surface area contributed by atoms with Gasteiger partial charge in [0, 0.05) is 19.3 Å². The van der Waals surface area contributed by atoms with Crippen molar-refractivity contribution >= 4 is 17.9 Å². The summed E-state index contributed by atoms with van der Waals surface area (Å²) in [5.74, 6) is -0.966. The molecule has 0 aliphatic heterocycles. The van der Waals surface area contributed by atoms with Crippen molar-refractivity contribution in [2.45, 2.75) is 213 Å². The molecule has 0 amide bonds. The van der Waals surface area contributed by atoms with Gasteiger partial charge in [-0.25, -0.2) is 0 Å². The SMILES string of the molecule is CC/C=C\C/C=C\C/C=C\C/C=C\CCCCCCCCC(=O)OCC(COC(=O)CCCC/C=C\C/C=C\CC)OC(=O)CCCCCCC/C=C\CCCCC. The van der Waals surface area contributed by atoms with Crippen LogP contribution in [0.1, 0.15) is 207 Å². The standard InChI is InChI=1S/C52H86O6/c1-4-7-10-13-16-19-21-23-24-25-26-27-28-29-31-33-36-39-42-45-51(54)57-48-49(47-56-50(53)44-41-38-35-32-18-15-12-9-6-3)58-52(55)46-43-40-37-34-30-22-20-17-14-11-8-5-2/h7,9-10,12,16-20,23-24,26-27,32,49H,4-6,8,11,13-15,21-22,25,28-31,33-48H2,1-3H3/b10-7-,12-9-,19-16-,20-17-,24-23-,27-26-,32-18-. The van der Waals surface area contributed by atoms with E-state index >= 15 is 0 Å². The number of esters is 3. The zero-order valence-electron chi connectivity index (χ0n) is 37.5. The molecule has 0 spiro atoms. The maximum atomic E-state index is 12.7. The van der Waals surface area contributed by atoms with Crippen LogP contribution in [0.3, 0.4) is 0 Å². The van der Waals surface area contributed by atoms with Gasteiger partial charge in [0.15, 0.2) is 6.10 Å². The average Bonchev–Trinajstić information content (AvgIpc) is 3.22. The van der Waals surface area contributed by atoms with Crippen molar-refractivity contribution < 1.29 is 28.6 Å². The van der Waals surface area contributed by atoms with E-state index in [4.69, 9.17) is 14.2 Å². The summed E-state index contributed by atoms with van der Waals surface area (Å²) >= 11 is 0. The second-order valence-electron chi connectivity index (χ2n) is 15.2. The van der Waals surface area contributed by atoms with Crippen molar-refractivity contribution in [1.82, 2.24) is 0 Å². The topological polar surface area (TPSA) is 78.9 Å². The molecule has 0 aliphatic carbocycles. The third-order valence-corrected chi connectivity index (χ3v) is 9.61. The lowest BCUT2D eigenvalue weighted by atomic mass is 10.1. The third kappa shape index (κ3) is 43.7. The number of rotatable bonds is 41. The second kappa shape index (κ2) is 46.3. The molecule has 0 rings (SSSR count). The zero-order valence-corrected chi connectivity index (χ0v) is 37.5. The number of carbonyl (C=O) groups excluding carboxylic acids is 3. The molecule has 0 bridgehead atoms. The Morgan fingerprint density at radius 1 is 0.362 bits per heavy atom. The highest BCUT2D eigenvalue weighted by Crippen LogP contribution is 2.13. The van der Waals surface area contributed by atoms with E-state index in [0.29, 0.717) is 19.3 Å². The highest BCUT2D eigenvalue weighted by molar-refractivity contribution is 5.71. The van der Waals surface area contributed by atoms with Gasteiger partial charge in [0.1, 0.15) is 13.2 Å². The van der Waals surface area contributed by atoms with Crippen LogP contribution in [0.2, 0.25) is 0 Å². The molecule has 0 aromatic heterocycles. The van der Waals surface area contributed by atoms with Crippen molar-refractivity contribution in [2.75, 3.05) is 13.2 Å². The molecule has 330 valence electrons. The lowest BCUT2D eigenvalue weighted by Crippen LogP contribution is -2.30. The van der Waals surface area contributed by atoms with Crippen LogP contribution in [-0.4, -0.2) is 37.2 Å². The highest BCUT2D eigenvalue weighted by atomic mass is 16.6. The normalized spacial score (nSPS) is 12.8. The van der Waals surface area contributed by atoms with E-state index in [2.05, 4.69) is 106 Å². The number of carbonyl (C=O) groups is 3. The lowest BCUT2D eigenvalue weighted by Gasteiger charge is -2.18. The largest absolute Gasteiger partial charge is 0.462 e. The summed E-state index contributed by atoms with van der Waals surface area (Å²) in [4.78, 5) is 37.7. The molecule has 1 atom stereocenters. The molecule has 1 unspecified atom stereocenters. The lowest BCUT2D eigenvalue weighted by molar-refractivity contribution is -0.167. The predicted octanol–water partition coefficient (Wildman–Crippen LogP) is 15.3. The molecule has 0 aliphatic rings. The van der Waals surface area contributed by atoms with Crippen molar-refractivity contribution in [1.29, 1.82) is 0 Å². The number of hydrogen-bond donors (Lipinski definition) is 0. The number of hydrogen-bond acceptors (Lipinski definition) is 6. The van der Waals surface area contributed by atoms with Gasteiger partial charge >= 0.3 is 17.9 Å². The number of allylic oxidation sites excluding steroid dienone is 14. The highest BCUT2D eigenvalue weighted by Gasteiger charge is 2.19. The molecule has 0 aromatic rings. The summed E-state index contributed by atoms with van der Waals surface area (Å²) in [5, 5.41) is 0. The van der Waals surface area contributed by atoms with Gasteiger partial charge in [0.2, 0.25) is 0 Å². The van der Waals surface area contributed by atoms with E-state index in [1.54, 1.807) is 0 Å². The number of unbranched alkanes of at least 4 members (excludes halogenated alkanes) is 16. The monoisotopic (exact) mass is 807 g/mol. The minimum Gasteiger partial charge on any atom is -0.462 e. The zero-order chi connectivity index (χ0) is 42.3. The molecule has 0 radical (unpaired) electrons. The van der Waals surface area contributed by atoms with Crippen molar-refractivity contribution in [3.05, 3.63) is 85.1 Å². The fourth-order valence-corrected chi connectivity index (χ4v) is 6.11. The van der Waals surface area contributed by atoms with Gasteiger partial charge < -0.3 is 14.2 Å². The Balaban J connectivity index is 4.38. The van der Waals surface area contributed by atoms with E-state index in [0.717, 1.165) is 122 Å². The smallest absolute Gasteiger partial charge is 0.306 e. The first kappa shape index (κ1) is 54.6. The van der Waals surface area contributed by atoms with Gasteiger partial charge in [0.25, 0.3) is 0 Å². The van der Waals surface area contributed by atoms with E-state index in [-0.39, 0.29) is 31.1 Å². The number of ether oxygens (including phenoxy) is 3. The summed E-state index contributed by atoms with van der Waals surface area (Å²) in [6, 6.07) is 0. The van der Waals surface area contributed by atoms with Crippen LogP contribution in [0, 0.1) is 0 Å². The molecule has 0 aromatic carbocycles. The summed E-state index contributed by atoms with van der Waals surface area (Å²) in [6.45, 7) is 6.30. The Labute approximate surface area is 356 Å². The summed E-state index contributed by atoms with van der Waals surface area (Å²) in [7, 11) is 0. The van der Waals surface area contributed by atoms with Crippen LogP contribution in [0.25, 0.3) is 0 Å². The molecule has 0 fully saturated rings. The Morgan fingerprint density at radius 3 is 1.10 bits per heavy atom. The first-order valence-corrected chi connectivity index (χ1v) is 23.6. The van der Waals surface area contributed by atoms with Crippen LogP contribution in [0.5, 0.6) is 0 Å². The minimum atomic E-state index is -0.797. The molecule has 0 heterocycles. The Kier molecular flexibility index (Phi) is 43.6. The van der Waals surface area contributed by atoms with Crippen LogP contribution in [-0.2, 0) is 28.6 Å². The Morgan fingerprint density at radius 2 is 0.672 bits per heavy atom. The second-order valence-corrected chi connectivity index (χ2v) is 15.2. The molecular formula is C52H86O6. The molecule has 0 saturated carbocycles. The summed E-state index contributed by atoms with van der Waals surface area (Å²) in [6.07, 6.45) is 58.6. The maximum Gasteiger partial charge on any atom is 0.306 e. The Hall–Kier alpha value is -3.41. The fraction of sp³-hybridized carbons (Fsp3) is 0.673. The van der Waals surface area contributed by atoms with Gasteiger partial charge in [-0.1, -0.05) is 164 Å². The van der Waals surface area contributed by atoms with Gasteiger partial charge in [-0.2, -0.15) is 0 Å². The van der Waals surface area contributed by atoms with Crippen molar-refractivity contribution in [3.63, 3.8) is 0 Å². The van der Waals surface area contributed by atoms with Crippen LogP contribution in [0.15, 0.2) is 85.1 Å². The first-order chi connectivity index (χ1) is 28.5. The summed E-state index contributed by atoms with van der Waals surface area (Å²) < 4.78 is 16.7. The van der Waals surface area contributed by atoms with Crippen molar-refractivity contribution in [3.8, 4) is 0 Å². The van der Waals surface area contributed by atoms with Gasteiger partial charge in [0.05, 0.1) is 0 Å². The molecule has 6 nitrogen and oxygen atoms in total. The minimum absolute atomic E-state index is 0.0988. The van der Waals surface area contributed by atoms with Gasteiger partial charge in [-0.3, -0.25) is 14.4 Å². The first-order valence-electron chi connectivity index (χ1n) is 23.6. The molecule has 58 heavy (non-hydrogen) atoms. The summed E-state index contributed by atoms with van der Waals surface area (Å²) in [5.41, 5.74) is 0. The molecule has 6 heteroatoms. The molecule has 0 N–H and O–H groups in total. The van der Waals surface area contributed by atoms with E-state index in [9.17, 15) is 14.4 Å². The third-order valence-electron chi connectivity index (χ3n) is 9.61. The molecular weight excluding hydrogens is 721 g/mol. The Bertz CT molecular complexity index is 1160. The molecule has 0 saturated heterocycles. The average molecular weight is 807 g/mol. The van der Waals surface area contributed by atoms with Crippen molar-refractivity contribution in [2.24, 2.45) is 0 Å². The van der Waals surface area contributed by atoms with E-state index in [1.807, 2.05) is 0 Å². The fourth-order valence-electron chi connectivity index (χ4n) is 6.11. The predicted molar refractivity (Wildman–Crippen MR) is 247 cm³/mol. The quantitative estimate of drug-likeness (QED) is 0.0265. The van der Waals surface area contributed by atoms with Crippen LogP contribution < -0.4 is 0 Å².